The zero-order valence-electron chi connectivity index (χ0n) is 14.9. The van der Waals surface area contributed by atoms with E-state index in [9.17, 15) is 18.8 Å². The number of rotatable bonds is 5. The molecule has 1 aliphatic rings. The normalized spacial score (nSPS) is 13.3. The van der Waals surface area contributed by atoms with Crippen molar-refractivity contribution in [1.82, 2.24) is 9.88 Å². The number of benzene rings is 2. The van der Waals surface area contributed by atoms with Crippen LogP contribution in [0.1, 0.15) is 15.9 Å². The van der Waals surface area contributed by atoms with Crippen LogP contribution in [0.3, 0.4) is 0 Å². The fraction of sp³-hybridized carbons (Fsp3) is 0.0952. The molecule has 2 heterocycles. The molecular weight excluding hydrogens is 399 g/mol. The van der Waals surface area contributed by atoms with Crippen molar-refractivity contribution >= 4 is 40.2 Å². The molecule has 2 aromatic carbocycles. The molecule has 3 aromatic rings. The second-order valence-corrected chi connectivity index (χ2v) is 6.86. The van der Waals surface area contributed by atoms with Gasteiger partial charge in [0.1, 0.15) is 12.4 Å². The van der Waals surface area contributed by atoms with Crippen LogP contribution in [0.2, 0.25) is 5.02 Å². The lowest BCUT2D eigenvalue weighted by Gasteiger charge is -2.08. The summed E-state index contributed by atoms with van der Waals surface area (Å²) in [5.74, 6) is -2.70. The molecule has 0 aliphatic carbocycles. The average molecular weight is 413 g/mol. The van der Waals surface area contributed by atoms with Gasteiger partial charge in [0.15, 0.2) is 0 Å². The molecule has 0 saturated heterocycles. The summed E-state index contributed by atoms with van der Waals surface area (Å²) in [6.07, 6.45) is 2.62. The number of nitrogens with zero attached hydrogens (tertiary/aromatic N) is 1. The topological polar surface area (TPSA) is 77.4 Å². The minimum Gasteiger partial charge on any atom is -0.456 e. The van der Waals surface area contributed by atoms with E-state index in [1.54, 1.807) is 34.9 Å². The summed E-state index contributed by atoms with van der Waals surface area (Å²) < 4.78 is 20.6. The van der Waals surface area contributed by atoms with E-state index < -0.39 is 23.5 Å². The quantitative estimate of drug-likeness (QED) is 0.396. The fourth-order valence-corrected chi connectivity index (χ4v) is 3.41. The molecule has 0 radical (unpaired) electrons. The predicted molar refractivity (Wildman–Crippen MR) is 104 cm³/mol. The lowest BCUT2D eigenvalue weighted by atomic mass is 10.1. The monoisotopic (exact) mass is 412 g/mol. The first kappa shape index (κ1) is 18.9. The van der Waals surface area contributed by atoms with Gasteiger partial charge in [0, 0.05) is 33.8 Å². The van der Waals surface area contributed by atoms with E-state index in [2.05, 4.69) is 5.32 Å². The van der Waals surface area contributed by atoms with Crippen molar-refractivity contribution in [2.24, 2.45) is 0 Å². The molecule has 1 amide bonds. The number of para-hydroxylation sites is 1. The SMILES string of the molecule is O=C1C=C(NC(=O)C(=O)c2cn(Cc3c(F)cccc3Cl)c3ccccc23)CO1. The molecule has 1 aliphatic heterocycles. The number of carbonyl (C=O) groups excluding carboxylic acids is 3. The van der Waals surface area contributed by atoms with Crippen molar-refractivity contribution in [2.75, 3.05) is 6.61 Å². The summed E-state index contributed by atoms with van der Waals surface area (Å²) in [4.78, 5) is 36.2. The van der Waals surface area contributed by atoms with Crippen LogP contribution < -0.4 is 5.32 Å². The Morgan fingerprint density at radius 1 is 1.17 bits per heavy atom. The Bertz CT molecular complexity index is 1180. The number of aromatic nitrogens is 1. The van der Waals surface area contributed by atoms with Crippen molar-refractivity contribution in [1.29, 1.82) is 0 Å². The van der Waals surface area contributed by atoms with Gasteiger partial charge in [-0.15, -0.1) is 0 Å². The summed E-state index contributed by atoms with van der Waals surface area (Å²) in [6.45, 7) is -0.000189. The summed E-state index contributed by atoms with van der Waals surface area (Å²) in [5.41, 5.74) is 1.32. The zero-order valence-corrected chi connectivity index (χ0v) is 15.7. The Kier molecular flexibility index (Phi) is 4.90. The highest BCUT2D eigenvalue weighted by Crippen LogP contribution is 2.26. The van der Waals surface area contributed by atoms with Crippen LogP contribution in [0, 0.1) is 5.82 Å². The van der Waals surface area contributed by atoms with Crippen LogP contribution in [0.5, 0.6) is 0 Å². The van der Waals surface area contributed by atoms with Crippen LogP contribution in [-0.4, -0.2) is 28.8 Å². The summed E-state index contributed by atoms with van der Waals surface area (Å²) >= 11 is 6.13. The van der Waals surface area contributed by atoms with Crippen molar-refractivity contribution in [3.63, 3.8) is 0 Å². The number of ether oxygens (including phenoxy) is 1. The first-order valence-electron chi connectivity index (χ1n) is 8.68. The number of cyclic esters (lactones) is 1. The number of amides is 1. The van der Waals surface area contributed by atoms with Crippen LogP contribution in [-0.2, 0) is 20.9 Å². The standard InChI is InChI=1S/C21H14ClFN2O4/c22-16-5-3-6-17(23)15(16)10-25-9-14(13-4-1-2-7-18(13)25)20(27)21(28)24-12-8-19(26)29-11-12/h1-9H,10-11H2,(H,24,28). The number of esters is 1. The highest BCUT2D eigenvalue weighted by atomic mass is 35.5. The zero-order chi connectivity index (χ0) is 20.5. The Morgan fingerprint density at radius 3 is 2.69 bits per heavy atom. The first-order valence-corrected chi connectivity index (χ1v) is 9.05. The molecule has 0 bridgehead atoms. The number of carbonyl (C=O) groups is 3. The number of nitrogens with one attached hydrogen (secondary N) is 1. The largest absolute Gasteiger partial charge is 0.456 e. The summed E-state index contributed by atoms with van der Waals surface area (Å²) in [7, 11) is 0. The van der Waals surface area contributed by atoms with Gasteiger partial charge in [0.2, 0.25) is 0 Å². The number of Topliss-reactive ketones (excluding diaryl/α,β-unsaturated/α-hetero) is 1. The fourth-order valence-electron chi connectivity index (χ4n) is 3.18. The van der Waals surface area contributed by atoms with Gasteiger partial charge in [0.05, 0.1) is 17.8 Å². The molecule has 29 heavy (non-hydrogen) atoms. The molecule has 0 spiro atoms. The Labute approximate surface area is 169 Å². The lowest BCUT2D eigenvalue weighted by molar-refractivity contribution is -0.135. The average Bonchev–Trinajstić information content (AvgIpc) is 3.28. The molecule has 4 rings (SSSR count). The molecule has 0 fully saturated rings. The maximum atomic E-state index is 14.2. The molecular formula is C21H14ClFN2O4. The van der Waals surface area contributed by atoms with Crippen LogP contribution in [0.25, 0.3) is 10.9 Å². The van der Waals surface area contributed by atoms with E-state index in [0.29, 0.717) is 10.9 Å². The molecule has 0 unspecified atom stereocenters. The maximum absolute atomic E-state index is 14.2. The Morgan fingerprint density at radius 2 is 1.97 bits per heavy atom. The summed E-state index contributed by atoms with van der Waals surface area (Å²) in [5, 5.41) is 3.20. The van der Waals surface area contributed by atoms with E-state index in [1.165, 1.54) is 18.3 Å². The van der Waals surface area contributed by atoms with Crippen LogP contribution in [0.15, 0.2) is 60.4 Å². The highest BCUT2D eigenvalue weighted by molar-refractivity contribution is 6.45. The van der Waals surface area contributed by atoms with Crippen molar-refractivity contribution in [2.45, 2.75) is 6.54 Å². The maximum Gasteiger partial charge on any atom is 0.333 e. The van der Waals surface area contributed by atoms with E-state index in [1.807, 2.05) is 0 Å². The molecule has 0 atom stereocenters. The number of halogens is 2. The number of fused-ring (bicyclic) bond motifs is 1. The molecule has 6 nitrogen and oxygen atoms in total. The number of hydrogen-bond acceptors (Lipinski definition) is 4. The molecule has 146 valence electrons. The van der Waals surface area contributed by atoms with Crippen molar-refractivity contribution in [3.8, 4) is 0 Å². The van der Waals surface area contributed by atoms with E-state index in [0.717, 1.165) is 6.08 Å². The second-order valence-electron chi connectivity index (χ2n) is 6.45. The van der Waals surface area contributed by atoms with Gasteiger partial charge in [-0.3, -0.25) is 9.59 Å². The van der Waals surface area contributed by atoms with Gasteiger partial charge in [0.25, 0.3) is 11.7 Å². The second kappa shape index (κ2) is 7.52. The van der Waals surface area contributed by atoms with Crippen LogP contribution in [0.4, 0.5) is 4.39 Å². The van der Waals surface area contributed by atoms with Gasteiger partial charge in [-0.05, 0) is 18.2 Å². The van der Waals surface area contributed by atoms with Gasteiger partial charge in [-0.1, -0.05) is 35.9 Å². The predicted octanol–water partition coefficient (Wildman–Crippen LogP) is 3.22. The number of hydrogen-bond donors (Lipinski definition) is 1. The first-order chi connectivity index (χ1) is 13.9. The Balaban J connectivity index is 1.69. The molecule has 1 N–H and O–H groups in total. The Hall–Kier alpha value is -3.45. The van der Waals surface area contributed by atoms with Gasteiger partial charge < -0.3 is 14.6 Å². The van der Waals surface area contributed by atoms with Crippen LogP contribution >= 0.6 is 11.6 Å². The van der Waals surface area contributed by atoms with Gasteiger partial charge in [-0.25, -0.2) is 9.18 Å². The smallest absolute Gasteiger partial charge is 0.333 e. The van der Waals surface area contributed by atoms with E-state index >= 15 is 0 Å². The minimum atomic E-state index is -0.888. The minimum absolute atomic E-state index is 0.0917. The summed E-state index contributed by atoms with van der Waals surface area (Å²) in [6, 6.07) is 11.4. The number of ketones is 1. The molecule has 8 heteroatoms. The van der Waals surface area contributed by atoms with Crippen molar-refractivity contribution in [3.05, 3.63) is 82.4 Å². The van der Waals surface area contributed by atoms with Gasteiger partial charge >= 0.3 is 5.97 Å². The third-order valence-corrected chi connectivity index (χ3v) is 4.92. The van der Waals surface area contributed by atoms with E-state index in [-0.39, 0.29) is 35.0 Å². The third-order valence-electron chi connectivity index (χ3n) is 4.57. The van der Waals surface area contributed by atoms with Gasteiger partial charge in [-0.2, -0.15) is 0 Å². The highest BCUT2D eigenvalue weighted by Gasteiger charge is 2.24. The molecule has 0 saturated carbocycles. The van der Waals surface area contributed by atoms with E-state index in [4.69, 9.17) is 16.3 Å². The lowest BCUT2D eigenvalue weighted by Crippen LogP contribution is -2.31. The third kappa shape index (κ3) is 3.64. The molecule has 1 aromatic heterocycles. The van der Waals surface area contributed by atoms with Crippen molar-refractivity contribution < 1.29 is 23.5 Å².